The van der Waals surface area contributed by atoms with E-state index in [-0.39, 0.29) is 6.61 Å². The van der Waals surface area contributed by atoms with Gasteiger partial charge in [-0.1, -0.05) is 73.5 Å². The lowest BCUT2D eigenvalue weighted by molar-refractivity contribution is 0.271. The van der Waals surface area contributed by atoms with Crippen molar-refractivity contribution in [3.8, 4) is 22.5 Å². The second-order valence-corrected chi connectivity index (χ2v) is 7.84. The third kappa shape index (κ3) is 4.38. The van der Waals surface area contributed by atoms with Crippen LogP contribution in [0.4, 0.5) is 0 Å². The lowest BCUT2D eigenvalue weighted by atomic mass is 9.98. The van der Waals surface area contributed by atoms with Gasteiger partial charge in [-0.2, -0.15) is 0 Å². The first-order chi connectivity index (χ1) is 15.1. The summed E-state index contributed by atoms with van der Waals surface area (Å²) in [6.07, 6.45) is 2.95. The second kappa shape index (κ2) is 9.41. The standard InChI is InChI=1S/C23H25ClN6O/c1-3-4-9-21-25-22(24)20(15-31)30(21)14-16-10-12-17(13-11-16)18-7-5-6-8-19(18)23-26-27-28-29(23)2/h5-8,10-13,31H,3-4,9,14-15H2,1-2H3. The highest BCUT2D eigenvalue weighted by Crippen LogP contribution is 2.30. The quantitative estimate of drug-likeness (QED) is 0.446. The zero-order valence-corrected chi connectivity index (χ0v) is 18.4. The number of imidazole rings is 1. The number of hydrogen-bond donors (Lipinski definition) is 1. The van der Waals surface area contributed by atoms with E-state index in [0.717, 1.165) is 53.2 Å². The van der Waals surface area contributed by atoms with Crippen LogP contribution in [0.3, 0.4) is 0 Å². The Hall–Kier alpha value is -3.03. The molecule has 0 amide bonds. The van der Waals surface area contributed by atoms with Crippen LogP contribution in [0.15, 0.2) is 48.5 Å². The number of rotatable bonds is 8. The number of aromatic nitrogens is 6. The van der Waals surface area contributed by atoms with Gasteiger partial charge in [0.1, 0.15) is 5.82 Å². The van der Waals surface area contributed by atoms with E-state index in [1.807, 2.05) is 29.8 Å². The number of benzene rings is 2. The number of nitrogens with zero attached hydrogens (tertiary/aromatic N) is 6. The normalized spacial score (nSPS) is 11.2. The van der Waals surface area contributed by atoms with Gasteiger partial charge >= 0.3 is 0 Å². The van der Waals surface area contributed by atoms with E-state index in [1.54, 1.807) is 4.68 Å². The lowest BCUT2D eigenvalue weighted by Crippen LogP contribution is -2.09. The Morgan fingerprint density at radius 3 is 2.42 bits per heavy atom. The molecule has 0 aliphatic carbocycles. The molecule has 0 fully saturated rings. The van der Waals surface area contributed by atoms with Gasteiger partial charge in [0.25, 0.3) is 0 Å². The number of halogens is 1. The van der Waals surface area contributed by atoms with Crippen LogP contribution >= 0.6 is 11.6 Å². The van der Waals surface area contributed by atoms with E-state index in [2.05, 4.69) is 57.8 Å². The summed E-state index contributed by atoms with van der Waals surface area (Å²) < 4.78 is 3.70. The Balaban J connectivity index is 1.64. The minimum Gasteiger partial charge on any atom is -0.390 e. The predicted molar refractivity (Wildman–Crippen MR) is 121 cm³/mol. The molecule has 0 unspecified atom stereocenters. The molecule has 4 rings (SSSR count). The fourth-order valence-electron chi connectivity index (χ4n) is 3.73. The second-order valence-electron chi connectivity index (χ2n) is 7.48. The van der Waals surface area contributed by atoms with Crippen LogP contribution in [-0.4, -0.2) is 34.9 Å². The number of aliphatic hydroxyl groups is 1. The summed E-state index contributed by atoms with van der Waals surface area (Å²) in [7, 11) is 1.83. The van der Waals surface area contributed by atoms with Gasteiger partial charge in [0.15, 0.2) is 11.0 Å². The molecule has 0 bridgehead atoms. The molecule has 0 spiro atoms. The van der Waals surface area contributed by atoms with Gasteiger partial charge in [-0.25, -0.2) is 9.67 Å². The maximum atomic E-state index is 9.79. The van der Waals surface area contributed by atoms with Crippen molar-refractivity contribution in [2.24, 2.45) is 7.05 Å². The predicted octanol–water partition coefficient (Wildman–Crippen LogP) is 4.28. The van der Waals surface area contributed by atoms with E-state index in [1.165, 1.54) is 0 Å². The summed E-state index contributed by atoms with van der Waals surface area (Å²) in [5.74, 6) is 1.64. The van der Waals surface area contributed by atoms with Crippen molar-refractivity contribution in [3.05, 3.63) is 70.8 Å². The molecule has 31 heavy (non-hydrogen) atoms. The maximum absolute atomic E-state index is 9.79. The zero-order chi connectivity index (χ0) is 21.8. The van der Waals surface area contributed by atoms with Crippen molar-refractivity contribution in [2.45, 2.75) is 39.3 Å². The summed E-state index contributed by atoms with van der Waals surface area (Å²) >= 11 is 6.27. The van der Waals surface area contributed by atoms with Crippen molar-refractivity contribution in [1.82, 2.24) is 29.8 Å². The molecule has 1 N–H and O–H groups in total. The fourth-order valence-corrected chi connectivity index (χ4v) is 3.99. The molecule has 8 heteroatoms. The number of unbranched alkanes of at least 4 members (excludes halogenated alkanes) is 1. The van der Waals surface area contributed by atoms with Gasteiger partial charge in [0, 0.05) is 25.6 Å². The molecule has 2 aromatic carbocycles. The topological polar surface area (TPSA) is 81.7 Å². The lowest BCUT2D eigenvalue weighted by Gasteiger charge is -2.13. The van der Waals surface area contributed by atoms with Crippen LogP contribution in [0, 0.1) is 0 Å². The molecule has 0 aliphatic rings. The molecular weight excluding hydrogens is 412 g/mol. The average Bonchev–Trinajstić information content (AvgIpc) is 3.35. The first-order valence-corrected chi connectivity index (χ1v) is 10.8. The zero-order valence-electron chi connectivity index (χ0n) is 17.7. The Kier molecular flexibility index (Phi) is 6.44. The first-order valence-electron chi connectivity index (χ1n) is 10.4. The molecule has 4 aromatic rings. The molecule has 7 nitrogen and oxygen atoms in total. The minimum absolute atomic E-state index is 0.130. The molecule has 0 aliphatic heterocycles. The molecule has 2 heterocycles. The molecule has 2 aromatic heterocycles. The van der Waals surface area contributed by atoms with E-state index in [4.69, 9.17) is 11.6 Å². The first kappa shape index (κ1) is 21.2. The van der Waals surface area contributed by atoms with Crippen molar-refractivity contribution in [3.63, 3.8) is 0 Å². The molecule has 0 saturated heterocycles. The van der Waals surface area contributed by atoms with E-state index >= 15 is 0 Å². The Bertz CT molecular complexity index is 1170. The molecule has 0 atom stereocenters. The minimum atomic E-state index is -0.130. The smallest absolute Gasteiger partial charge is 0.182 e. The largest absolute Gasteiger partial charge is 0.390 e. The monoisotopic (exact) mass is 436 g/mol. The average molecular weight is 437 g/mol. The highest BCUT2D eigenvalue weighted by Gasteiger charge is 2.16. The van der Waals surface area contributed by atoms with Crippen molar-refractivity contribution >= 4 is 11.6 Å². The number of hydrogen-bond acceptors (Lipinski definition) is 5. The van der Waals surface area contributed by atoms with Gasteiger partial charge < -0.3 is 9.67 Å². The van der Waals surface area contributed by atoms with Gasteiger partial charge in [-0.05, 0) is 33.5 Å². The summed E-state index contributed by atoms with van der Waals surface area (Å²) in [5.41, 5.74) is 4.91. The van der Waals surface area contributed by atoms with Crippen LogP contribution in [0.2, 0.25) is 5.15 Å². The molecule has 0 saturated carbocycles. The van der Waals surface area contributed by atoms with E-state index < -0.39 is 0 Å². The van der Waals surface area contributed by atoms with Crippen molar-refractivity contribution in [1.29, 1.82) is 0 Å². The van der Waals surface area contributed by atoms with Gasteiger partial charge in [0.2, 0.25) is 0 Å². The maximum Gasteiger partial charge on any atom is 0.182 e. The van der Waals surface area contributed by atoms with Crippen LogP contribution in [-0.2, 0) is 26.6 Å². The third-order valence-corrected chi connectivity index (χ3v) is 5.70. The third-order valence-electron chi connectivity index (χ3n) is 5.40. The molecule has 160 valence electrons. The number of tetrazole rings is 1. The fraction of sp³-hybridized carbons (Fsp3) is 0.304. The SMILES string of the molecule is CCCCc1nc(Cl)c(CO)n1Cc1ccc(-c2ccccc2-c2nnnn2C)cc1. The highest BCUT2D eigenvalue weighted by molar-refractivity contribution is 6.30. The summed E-state index contributed by atoms with van der Waals surface area (Å²) in [6.45, 7) is 2.63. The summed E-state index contributed by atoms with van der Waals surface area (Å²) in [4.78, 5) is 4.48. The Morgan fingerprint density at radius 1 is 1.03 bits per heavy atom. The Labute approximate surface area is 186 Å². The van der Waals surface area contributed by atoms with Crippen molar-refractivity contribution < 1.29 is 5.11 Å². The van der Waals surface area contributed by atoms with Crippen LogP contribution in [0.25, 0.3) is 22.5 Å². The highest BCUT2D eigenvalue weighted by atomic mass is 35.5. The van der Waals surface area contributed by atoms with E-state index in [0.29, 0.717) is 17.4 Å². The molecule has 0 radical (unpaired) electrons. The summed E-state index contributed by atoms with van der Waals surface area (Å²) in [5, 5.41) is 22.0. The Morgan fingerprint density at radius 2 is 1.77 bits per heavy atom. The van der Waals surface area contributed by atoms with Gasteiger partial charge in [-0.15, -0.1) is 5.10 Å². The number of aliphatic hydroxyl groups excluding tert-OH is 1. The van der Waals surface area contributed by atoms with Gasteiger partial charge in [-0.3, -0.25) is 0 Å². The summed E-state index contributed by atoms with van der Waals surface area (Å²) in [6, 6.07) is 16.5. The van der Waals surface area contributed by atoms with Crippen LogP contribution in [0.1, 0.15) is 36.8 Å². The van der Waals surface area contributed by atoms with Crippen LogP contribution < -0.4 is 0 Å². The number of aryl methyl sites for hydroxylation is 2. The van der Waals surface area contributed by atoms with E-state index in [9.17, 15) is 5.11 Å². The van der Waals surface area contributed by atoms with Crippen molar-refractivity contribution in [2.75, 3.05) is 0 Å². The van der Waals surface area contributed by atoms with Gasteiger partial charge in [0.05, 0.1) is 12.3 Å². The molecular formula is C23H25ClN6O. The van der Waals surface area contributed by atoms with Crippen LogP contribution in [0.5, 0.6) is 0 Å².